The van der Waals surface area contributed by atoms with E-state index in [1.807, 2.05) is 0 Å². The van der Waals surface area contributed by atoms with Crippen LogP contribution >= 0.6 is 11.6 Å². The highest BCUT2D eigenvalue weighted by atomic mass is 35.5. The van der Waals surface area contributed by atoms with Gasteiger partial charge in [-0.15, -0.1) is 21.8 Å². The first kappa shape index (κ1) is 7.84. The van der Waals surface area contributed by atoms with Crippen LogP contribution in [0.3, 0.4) is 0 Å². The second-order valence-corrected chi connectivity index (χ2v) is 1.88. The Morgan fingerprint density at radius 2 is 2.27 bits per heavy atom. The molecule has 7 heteroatoms. The van der Waals surface area contributed by atoms with Gasteiger partial charge in [0.2, 0.25) is 11.8 Å². The van der Waals surface area contributed by atoms with E-state index in [4.69, 9.17) is 21.5 Å². The molecule has 0 aromatic carbocycles. The van der Waals surface area contributed by atoms with Gasteiger partial charge in [0.25, 0.3) is 0 Å². The molecule has 58 valence electrons. The average molecular weight is 174 g/mol. The summed E-state index contributed by atoms with van der Waals surface area (Å²) in [6.45, 7) is 0.0698. The molecule has 0 N–H and O–H groups in total. The molecule has 0 spiro atoms. The van der Waals surface area contributed by atoms with Crippen molar-refractivity contribution < 1.29 is 4.42 Å². The molecule has 0 bridgehead atoms. The second-order valence-electron chi connectivity index (χ2n) is 1.61. The molecular formula is C4H4ClN5O. The number of rotatable bonds is 3. The maximum absolute atomic E-state index is 7.93. The maximum atomic E-state index is 7.93. The third-order valence-corrected chi connectivity index (χ3v) is 1.12. The molecule has 6 nitrogen and oxygen atoms in total. The van der Waals surface area contributed by atoms with Gasteiger partial charge in [-0.3, -0.25) is 0 Å². The van der Waals surface area contributed by atoms with Gasteiger partial charge < -0.3 is 4.42 Å². The van der Waals surface area contributed by atoms with Crippen LogP contribution in [-0.4, -0.2) is 10.2 Å². The van der Waals surface area contributed by atoms with Crippen LogP contribution in [0.15, 0.2) is 9.53 Å². The number of nitrogens with zero attached hydrogens (tertiary/aromatic N) is 5. The van der Waals surface area contributed by atoms with Crippen LogP contribution in [0.5, 0.6) is 0 Å². The largest absolute Gasteiger partial charge is 0.424 e. The van der Waals surface area contributed by atoms with Crippen molar-refractivity contribution in [3.63, 3.8) is 0 Å². The quantitative estimate of drug-likeness (QED) is 0.301. The molecule has 1 aromatic rings. The van der Waals surface area contributed by atoms with Gasteiger partial charge in [-0.05, 0) is 5.53 Å². The van der Waals surface area contributed by atoms with Crippen LogP contribution in [0.2, 0.25) is 0 Å². The fourth-order valence-electron chi connectivity index (χ4n) is 0.498. The lowest BCUT2D eigenvalue weighted by Gasteiger charge is -1.81. The Hall–Kier alpha value is -1.26. The van der Waals surface area contributed by atoms with Crippen molar-refractivity contribution in [3.8, 4) is 0 Å². The van der Waals surface area contributed by atoms with Crippen LogP contribution in [0.4, 0.5) is 0 Å². The van der Waals surface area contributed by atoms with Gasteiger partial charge in [0.05, 0.1) is 0 Å². The highest BCUT2D eigenvalue weighted by Gasteiger charge is 2.01. The molecule has 0 unspecified atom stereocenters. The van der Waals surface area contributed by atoms with Crippen LogP contribution in [0, 0.1) is 0 Å². The van der Waals surface area contributed by atoms with E-state index in [2.05, 4.69) is 20.2 Å². The van der Waals surface area contributed by atoms with Crippen LogP contribution in [0.25, 0.3) is 10.4 Å². The molecule has 1 rings (SSSR count). The molecule has 11 heavy (non-hydrogen) atoms. The van der Waals surface area contributed by atoms with Crippen LogP contribution < -0.4 is 0 Å². The van der Waals surface area contributed by atoms with Gasteiger partial charge in [-0.2, -0.15) is 0 Å². The predicted octanol–water partition coefficient (Wildman–Crippen LogP) is 1.62. The van der Waals surface area contributed by atoms with Crippen molar-refractivity contribution in [3.05, 3.63) is 22.2 Å². The lowest BCUT2D eigenvalue weighted by atomic mass is 10.7. The number of hydrogen-bond donors (Lipinski definition) is 0. The van der Waals surface area contributed by atoms with Crippen molar-refractivity contribution in [2.75, 3.05) is 0 Å². The summed E-state index contributed by atoms with van der Waals surface area (Å²) < 4.78 is 4.92. The first-order valence-electron chi connectivity index (χ1n) is 2.75. The fraction of sp³-hybridized carbons (Fsp3) is 0.500. The lowest BCUT2D eigenvalue weighted by Crippen LogP contribution is -1.77. The summed E-state index contributed by atoms with van der Waals surface area (Å²) in [6, 6.07) is 0. The van der Waals surface area contributed by atoms with Crippen molar-refractivity contribution in [1.82, 2.24) is 10.2 Å². The van der Waals surface area contributed by atoms with Crippen molar-refractivity contribution in [2.45, 2.75) is 12.4 Å². The zero-order valence-electron chi connectivity index (χ0n) is 5.44. The van der Waals surface area contributed by atoms with Crippen LogP contribution in [0.1, 0.15) is 11.8 Å². The van der Waals surface area contributed by atoms with Gasteiger partial charge in [-0.25, -0.2) is 0 Å². The van der Waals surface area contributed by atoms with E-state index >= 15 is 0 Å². The second kappa shape index (κ2) is 3.80. The zero-order valence-corrected chi connectivity index (χ0v) is 6.19. The molecule has 0 aliphatic heterocycles. The van der Waals surface area contributed by atoms with E-state index in [9.17, 15) is 0 Å². The fourth-order valence-corrected chi connectivity index (χ4v) is 0.606. The first-order chi connectivity index (χ1) is 5.36. The maximum Gasteiger partial charge on any atom is 0.231 e. The molecule has 0 aliphatic carbocycles. The van der Waals surface area contributed by atoms with Crippen molar-refractivity contribution in [2.24, 2.45) is 5.11 Å². The molecule has 0 fully saturated rings. The SMILES string of the molecule is [N-]=[N+]=NCc1nnc(CCl)o1. The summed E-state index contributed by atoms with van der Waals surface area (Å²) in [5.74, 6) is 0.775. The Bertz CT molecular complexity index is 278. The Morgan fingerprint density at radius 1 is 1.55 bits per heavy atom. The highest BCUT2D eigenvalue weighted by molar-refractivity contribution is 6.16. The summed E-state index contributed by atoms with van der Waals surface area (Å²) in [4.78, 5) is 2.53. The van der Waals surface area contributed by atoms with E-state index in [0.29, 0.717) is 5.89 Å². The summed E-state index contributed by atoms with van der Waals surface area (Å²) >= 11 is 5.37. The molecule has 1 aromatic heterocycles. The van der Waals surface area contributed by atoms with Gasteiger partial charge in [-0.1, -0.05) is 5.11 Å². The normalized spacial score (nSPS) is 9.18. The molecule has 0 atom stereocenters. The topological polar surface area (TPSA) is 87.7 Å². The summed E-state index contributed by atoms with van der Waals surface area (Å²) in [6.07, 6.45) is 0. The molecule has 0 amide bonds. The Morgan fingerprint density at radius 3 is 2.82 bits per heavy atom. The molecule has 0 radical (unpaired) electrons. The third kappa shape index (κ3) is 2.10. The van der Waals surface area contributed by atoms with Gasteiger partial charge in [0.15, 0.2) is 0 Å². The molecule has 0 aliphatic rings. The van der Waals surface area contributed by atoms with Crippen molar-refractivity contribution in [1.29, 1.82) is 0 Å². The average Bonchev–Trinajstić information content (AvgIpc) is 2.48. The van der Waals surface area contributed by atoms with E-state index in [1.165, 1.54) is 0 Å². The lowest BCUT2D eigenvalue weighted by molar-refractivity contribution is 0.465. The highest BCUT2D eigenvalue weighted by Crippen LogP contribution is 2.03. The van der Waals surface area contributed by atoms with Crippen LogP contribution in [-0.2, 0) is 12.4 Å². The van der Waals surface area contributed by atoms with Gasteiger partial charge in [0, 0.05) is 4.91 Å². The van der Waals surface area contributed by atoms with Crippen molar-refractivity contribution >= 4 is 11.6 Å². The minimum Gasteiger partial charge on any atom is -0.424 e. The third-order valence-electron chi connectivity index (χ3n) is 0.892. The number of hydrogen-bond acceptors (Lipinski definition) is 4. The van der Waals surface area contributed by atoms with E-state index in [-0.39, 0.29) is 18.3 Å². The first-order valence-corrected chi connectivity index (χ1v) is 3.28. The summed E-state index contributed by atoms with van der Waals surface area (Å²) in [7, 11) is 0. The number of azide groups is 1. The minimum atomic E-state index is 0.0698. The predicted molar refractivity (Wildman–Crippen MR) is 36.7 cm³/mol. The Kier molecular flexibility index (Phi) is 2.71. The standard InChI is InChI=1S/C4H4ClN5O/c5-1-3-8-9-4(11-3)2-7-10-6/h1-2H2. The minimum absolute atomic E-state index is 0.0698. The smallest absolute Gasteiger partial charge is 0.231 e. The van der Waals surface area contributed by atoms with E-state index < -0.39 is 0 Å². The van der Waals surface area contributed by atoms with E-state index in [0.717, 1.165) is 0 Å². The monoisotopic (exact) mass is 173 g/mol. The Balaban J connectivity index is 2.64. The number of halogens is 1. The number of aromatic nitrogens is 2. The van der Waals surface area contributed by atoms with E-state index in [1.54, 1.807) is 0 Å². The van der Waals surface area contributed by atoms with Gasteiger partial charge in [0.1, 0.15) is 12.4 Å². The molecule has 0 saturated carbocycles. The molecule has 0 saturated heterocycles. The molecule has 1 heterocycles. The Labute approximate surface area is 66.8 Å². The summed E-state index contributed by atoms with van der Waals surface area (Å²) in [5, 5.41) is 10.3. The molecular weight excluding hydrogens is 170 g/mol. The summed E-state index contributed by atoms with van der Waals surface area (Å²) in [5.41, 5.74) is 7.93. The van der Waals surface area contributed by atoms with Gasteiger partial charge >= 0.3 is 0 Å². The number of alkyl halides is 1. The zero-order chi connectivity index (χ0) is 8.10.